The molecule has 24 heavy (non-hydrogen) atoms. The molecule has 1 aromatic carbocycles. The molecule has 6 nitrogen and oxygen atoms in total. The van der Waals surface area contributed by atoms with Crippen molar-refractivity contribution in [3.8, 4) is 5.75 Å². The fraction of sp³-hybridized carbons (Fsp3) is 0.500. The van der Waals surface area contributed by atoms with E-state index in [0.717, 1.165) is 42.9 Å². The Balaban J connectivity index is 1.49. The normalized spacial score (nSPS) is 23.0. The van der Waals surface area contributed by atoms with Crippen molar-refractivity contribution in [2.45, 2.75) is 38.0 Å². The Hall–Kier alpha value is -2.37. The first-order valence-corrected chi connectivity index (χ1v) is 8.59. The molecule has 3 heterocycles. The maximum atomic E-state index is 13.0. The van der Waals surface area contributed by atoms with Gasteiger partial charge in [-0.3, -0.25) is 4.79 Å². The summed E-state index contributed by atoms with van der Waals surface area (Å²) in [4.78, 5) is 19.4. The highest BCUT2D eigenvalue weighted by atomic mass is 16.5. The van der Waals surface area contributed by atoms with Crippen LogP contribution in [0.3, 0.4) is 0 Å². The lowest BCUT2D eigenvalue weighted by Gasteiger charge is -2.32. The largest absolute Gasteiger partial charge is 0.492 e. The van der Waals surface area contributed by atoms with Gasteiger partial charge in [0, 0.05) is 31.0 Å². The fourth-order valence-corrected chi connectivity index (χ4v) is 3.55. The van der Waals surface area contributed by atoms with E-state index in [-0.39, 0.29) is 17.7 Å². The monoisotopic (exact) mass is 327 g/mol. The molecule has 0 saturated carbocycles. The van der Waals surface area contributed by atoms with E-state index in [2.05, 4.69) is 10.1 Å². The number of aromatic nitrogens is 2. The molecule has 1 saturated heterocycles. The number of para-hydroxylation sites is 1. The van der Waals surface area contributed by atoms with Gasteiger partial charge in [0.15, 0.2) is 5.82 Å². The molecule has 6 heteroatoms. The van der Waals surface area contributed by atoms with Crippen molar-refractivity contribution in [2.24, 2.45) is 0 Å². The standard InChI is InChI=1S/C18H21N3O3/c1-2-16-19-17(20-24-16)12-6-5-9-21(10-12)18(22)14-11-23-15-8-4-3-7-13(14)15/h3-4,7-8,12,14H,2,5-6,9-11H2,1H3/t12-,14+/m0/s1. The van der Waals surface area contributed by atoms with Crippen LogP contribution in [0.5, 0.6) is 5.75 Å². The molecule has 2 aromatic rings. The number of nitrogens with zero attached hydrogens (tertiary/aromatic N) is 3. The second-order valence-corrected chi connectivity index (χ2v) is 6.42. The summed E-state index contributed by atoms with van der Waals surface area (Å²) in [6, 6.07) is 7.80. The van der Waals surface area contributed by atoms with Crippen LogP contribution < -0.4 is 4.74 Å². The number of hydrogen-bond donors (Lipinski definition) is 0. The second-order valence-electron chi connectivity index (χ2n) is 6.42. The summed E-state index contributed by atoms with van der Waals surface area (Å²) in [5.41, 5.74) is 0.998. The topological polar surface area (TPSA) is 68.5 Å². The molecular weight excluding hydrogens is 306 g/mol. The first-order chi connectivity index (χ1) is 11.8. The maximum Gasteiger partial charge on any atom is 0.233 e. The molecule has 0 radical (unpaired) electrons. The predicted molar refractivity (Wildman–Crippen MR) is 86.9 cm³/mol. The van der Waals surface area contributed by atoms with E-state index < -0.39 is 0 Å². The lowest BCUT2D eigenvalue weighted by atomic mass is 9.94. The summed E-state index contributed by atoms with van der Waals surface area (Å²) in [7, 11) is 0. The zero-order valence-electron chi connectivity index (χ0n) is 13.8. The molecule has 0 aliphatic carbocycles. The van der Waals surface area contributed by atoms with Crippen molar-refractivity contribution in [3.63, 3.8) is 0 Å². The average Bonchev–Trinajstić information content (AvgIpc) is 3.28. The van der Waals surface area contributed by atoms with E-state index in [0.29, 0.717) is 19.0 Å². The number of hydrogen-bond acceptors (Lipinski definition) is 5. The Morgan fingerprint density at radius 1 is 1.38 bits per heavy atom. The molecule has 4 rings (SSSR count). The van der Waals surface area contributed by atoms with Gasteiger partial charge in [0.1, 0.15) is 18.3 Å². The smallest absolute Gasteiger partial charge is 0.233 e. The van der Waals surface area contributed by atoms with Crippen LogP contribution in [0.1, 0.15) is 48.9 Å². The number of piperidine rings is 1. The summed E-state index contributed by atoms with van der Waals surface area (Å²) in [6.45, 7) is 3.86. The van der Waals surface area contributed by atoms with Gasteiger partial charge in [0.25, 0.3) is 0 Å². The van der Waals surface area contributed by atoms with Gasteiger partial charge in [-0.05, 0) is 18.9 Å². The first-order valence-electron chi connectivity index (χ1n) is 8.59. The van der Waals surface area contributed by atoms with Crippen LogP contribution in [0.2, 0.25) is 0 Å². The number of rotatable bonds is 3. The van der Waals surface area contributed by atoms with Crippen molar-refractivity contribution in [1.82, 2.24) is 15.0 Å². The highest BCUT2D eigenvalue weighted by Crippen LogP contribution is 2.36. The second kappa shape index (κ2) is 6.26. The number of likely N-dealkylation sites (tertiary alicyclic amines) is 1. The Labute approximate surface area is 140 Å². The minimum atomic E-state index is -0.198. The Morgan fingerprint density at radius 2 is 2.25 bits per heavy atom. The van der Waals surface area contributed by atoms with Gasteiger partial charge in [-0.2, -0.15) is 4.98 Å². The number of fused-ring (bicyclic) bond motifs is 1. The van der Waals surface area contributed by atoms with Crippen molar-refractivity contribution >= 4 is 5.91 Å². The van der Waals surface area contributed by atoms with E-state index in [4.69, 9.17) is 9.26 Å². The lowest BCUT2D eigenvalue weighted by Crippen LogP contribution is -2.42. The van der Waals surface area contributed by atoms with Crippen molar-refractivity contribution in [3.05, 3.63) is 41.5 Å². The molecule has 1 amide bonds. The lowest BCUT2D eigenvalue weighted by molar-refractivity contribution is -0.134. The molecular formula is C18H21N3O3. The van der Waals surface area contributed by atoms with E-state index in [1.54, 1.807) is 0 Å². The van der Waals surface area contributed by atoms with E-state index in [9.17, 15) is 4.79 Å². The highest BCUT2D eigenvalue weighted by molar-refractivity contribution is 5.85. The van der Waals surface area contributed by atoms with Gasteiger partial charge in [-0.25, -0.2) is 0 Å². The van der Waals surface area contributed by atoms with Gasteiger partial charge >= 0.3 is 0 Å². The third kappa shape index (κ3) is 2.66. The molecule has 1 aromatic heterocycles. The van der Waals surface area contributed by atoms with E-state index >= 15 is 0 Å². The van der Waals surface area contributed by atoms with Crippen LogP contribution in [-0.2, 0) is 11.2 Å². The number of carbonyl (C=O) groups is 1. The molecule has 0 spiro atoms. The van der Waals surface area contributed by atoms with Gasteiger partial charge in [-0.15, -0.1) is 0 Å². The van der Waals surface area contributed by atoms with Crippen LogP contribution in [0, 0.1) is 0 Å². The molecule has 2 aliphatic heterocycles. The minimum absolute atomic E-state index is 0.142. The van der Waals surface area contributed by atoms with Crippen molar-refractivity contribution in [1.29, 1.82) is 0 Å². The zero-order chi connectivity index (χ0) is 16.5. The minimum Gasteiger partial charge on any atom is -0.492 e. The third-order valence-corrected chi connectivity index (χ3v) is 4.88. The summed E-state index contributed by atoms with van der Waals surface area (Å²) in [5, 5.41) is 4.09. The highest BCUT2D eigenvalue weighted by Gasteiger charge is 2.36. The molecule has 0 bridgehead atoms. The average molecular weight is 327 g/mol. The third-order valence-electron chi connectivity index (χ3n) is 4.88. The van der Waals surface area contributed by atoms with Crippen LogP contribution in [0.15, 0.2) is 28.8 Å². The van der Waals surface area contributed by atoms with E-state index in [1.807, 2.05) is 36.1 Å². The molecule has 0 N–H and O–H groups in total. The molecule has 2 atom stereocenters. The fourth-order valence-electron chi connectivity index (χ4n) is 3.55. The number of amides is 1. The van der Waals surface area contributed by atoms with Crippen LogP contribution in [0.25, 0.3) is 0 Å². The predicted octanol–water partition coefficient (Wildman–Crippen LogP) is 2.51. The van der Waals surface area contributed by atoms with E-state index in [1.165, 1.54) is 0 Å². The number of aryl methyl sites for hydroxylation is 1. The number of ether oxygens (including phenoxy) is 1. The van der Waals surface area contributed by atoms with Gasteiger partial charge in [0.05, 0.1) is 0 Å². The summed E-state index contributed by atoms with van der Waals surface area (Å²) in [5.74, 6) is 2.32. The van der Waals surface area contributed by atoms with Gasteiger partial charge < -0.3 is 14.2 Å². The van der Waals surface area contributed by atoms with Crippen molar-refractivity contribution < 1.29 is 14.1 Å². The molecule has 1 fully saturated rings. The molecule has 126 valence electrons. The van der Waals surface area contributed by atoms with Crippen LogP contribution in [-0.4, -0.2) is 40.6 Å². The first kappa shape index (κ1) is 15.2. The Morgan fingerprint density at radius 3 is 3.08 bits per heavy atom. The zero-order valence-corrected chi connectivity index (χ0v) is 13.8. The SMILES string of the molecule is CCc1nc([C@H]2CCCN(C(=O)[C@@H]3COc4ccccc43)C2)no1. The molecule has 2 aliphatic rings. The summed E-state index contributed by atoms with van der Waals surface area (Å²) < 4.78 is 10.9. The van der Waals surface area contributed by atoms with Crippen molar-refractivity contribution in [2.75, 3.05) is 19.7 Å². The summed E-state index contributed by atoms with van der Waals surface area (Å²) >= 11 is 0. The van der Waals surface area contributed by atoms with Gasteiger partial charge in [-0.1, -0.05) is 30.3 Å². The Kier molecular flexibility index (Phi) is 3.96. The molecule has 0 unspecified atom stereocenters. The Bertz CT molecular complexity index is 743. The quantitative estimate of drug-likeness (QED) is 0.866. The van der Waals surface area contributed by atoms with Crippen LogP contribution >= 0.6 is 0 Å². The number of benzene rings is 1. The van der Waals surface area contributed by atoms with Crippen LogP contribution in [0.4, 0.5) is 0 Å². The summed E-state index contributed by atoms with van der Waals surface area (Å²) in [6.07, 6.45) is 2.68. The maximum absolute atomic E-state index is 13.0. The number of carbonyl (C=O) groups excluding carboxylic acids is 1. The van der Waals surface area contributed by atoms with Gasteiger partial charge in [0.2, 0.25) is 11.8 Å².